The van der Waals surface area contributed by atoms with Gasteiger partial charge in [-0.1, -0.05) is 10.3 Å². The molecule has 1 fully saturated rings. The minimum atomic E-state index is -0.0298. The van der Waals surface area contributed by atoms with Crippen LogP contribution in [0, 0.1) is 6.92 Å². The lowest BCUT2D eigenvalue weighted by Crippen LogP contribution is -2.39. The molecular weight excluding hydrogens is 296 g/mol. The summed E-state index contributed by atoms with van der Waals surface area (Å²) in [4.78, 5) is 19.0. The van der Waals surface area contributed by atoms with E-state index in [2.05, 4.69) is 15.3 Å². The Kier molecular flexibility index (Phi) is 3.63. The van der Waals surface area contributed by atoms with Gasteiger partial charge >= 0.3 is 0 Å². The summed E-state index contributed by atoms with van der Waals surface area (Å²) >= 11 is 0. The normalized spacial score (nSPS) is 21.3. The second-order valence-electron chi connectivity index (χ2n) is 6.41. The van der Waals surface area contributed by atoms with Gasteiger partial charge in [0.1, 0.15) is 5.76 Å². The van der Waals surface area contributed by atoms with Gasteiger partial charge in [-0.2, -0.15) is 4.98 Å². The molecule has 2 aromatic heterocycles. The molecule has 0 N–H and O–H groups in total. The van der Waals surface area contributed by atoms with E-state index in [4.69, 9.17) is 9.05 Å². The Morgan fingerprint density at radius 1 is 1.17 bits per heavy atom. The van der Waals surface area contributed by atoms with E-state index in [1.165, 1.54) is 0 Å². The SMILES string of the molecule is Cc1noc([C@@H]2CCCN(C(=O)c3noc4c3CCCC4)C2)n1. The van der Waals surface area contributed by atoms with Crippen LogP contribution in [0.3, 0.4) is 0 Å². The van der Waals surface area contributed by atoms with Gasteiger partial charge in [0, 0.05) is 25.1 Å². The van der Waals surface area contributed by atoms with E-state index in [-0.39, 0.29) is 11.8 Å². The Balaban J connectivity index is 1.53. The predicted octanol–water partition coefficient (Wildman–Crippen LogP) is 2.26. The summed E-state index contributed by atoms with van der Waals surface area (Å²) in [5, 5.41) is 7.91. The highest BCUT2D eigenvalue weighted by Gasteiger charge is 2.32. The number of rotatable bonds is 2. The van der Waals surface area contributed by atoms with Crippen LogP contribution in [0.4, 0.5) is 0 Å². The molecule has 0 bridgehead atoms. The fraction of sp³-hybridized carbons (Fsp3) is 0.625. The topological polar surface area (TPSA) is 85.3 Å². The third-order valence-electron chi connectivity index (χ3n) is 4.75. The zero-order valence-electron chi connectivity index (χ0n) is 13.2. The largest absolute Gasteiger partial charge is 0.360 e. The maximum absolute atomic E-state index is 12.9. The summed E-state index contributed by atoms with van der Waals surface area (Å²) in [5.41, 5.74) is 1.51. The molecule has 1 amide bonds. The van der Waals surface area contributed by atoms with E-state index in [1.54, 1.807) is 6.92 Å². The molecule has 23 heavy (non-hydrogen) atoms. The van der Waals surface area contributed by atoms with Gasteiger partial charge in [-0.3, -0.25) is 4.79 Å². The van der Waals surface area contributed by atoms with Gasteiger partial charge in [-0.05, 0) is 39.0 Å². The first kappa shape index (κ1) is 14.4. The highest BCUT2D eigenvalue weighted by atomic mass is 16.5. The molecule has 0 unspecified atom stereocenters. The number of hydrogen-bond donors (Lipinski definition) is 0. The van der Waals surface area contributed by atoms with Crippen LogP contribution in [0.1, 0.15) is 65.1 Å². The van der Waals surface area contributed by atoms with Crippen molar-refractivity contribution in [3.63, 3.8) is 0 Å². The number of carbonyl (C=O) groups excluding carboxylic acids is 1. The molecule has 2 aliphatic rings. The van der Waals surface area contributed by atoms with E-state index in [9.17, 15) is 4.79 Å². The fourth-order valence-corrected chi connectivity index (χ4v) is 3.54. The zero-order chi connectivity index (χ0) is 15.8. The lowest BCUT2D eigenvalue weighted by Gasteiger charge is -2.30. The lowest BCUT2D eigenvalue weighted by molar-refractivity contribution is 0.0684. The minimum absolute atomic E-state index is 0.0298. The fourth-order valence-electron chi connectivity index (χ4n) is 3.54. The van der Waals surface area contributed by atoms with Gasteiger partial charge in [0.2, 0.25) is 5.89 Å². The Labute approximate surface area is 134 Å². The Morgan fingerprint density at radius 2 is 2.04 bits per heavy atom. The summed E-state index contributed by atoms with van der Waals surface area (Å²) in [6, 6.07) is 0. The molecule has 0 radical (unpaired) electrons. The molecule has 122 valence electrons. The van der Waals surface area contributed by atoms with Gasteiger partial charge in [0.05, 0.1) is 5.92 Å². The number of carbonyl (C=O) groups is 1. The summed E-state index contributed by atoms with van der Waals surface area (Å²) in [6.45, 7) is 3.15. The van der Waals surface area contributed by atoms with Gasteiger partial charge in [-0.25, -0.2) is 0 Å². The van der Waals surface area contributed by atoms with Gasteiger partial charge in [-0.15, -0.1) is 0 Å². The van der Waals surface area contributed by atoms with Crippen molar-refractivity contribution in [2.75, 3.05) is 13.1 Å². The maximum atomic E-state index is 12.9. The van der Waals surface area contributed by atoms with Crippen molar-refractivity contribution in [2.24, 2.45) is 0 Å². The molecular formula is C16H20N4O3. The Hall–Kier alpha value is -2.18. The number of fused-ring (bicyclic) bond motifs is 1. The standard InChI is InChI=1S/C16H20N4O3/c1-10-17-15(23-18-10)11-5-4-8-20(9-11)16(21)14-12-6-2-3-7-13(12)22-19-14/h11H,2-9H2,1H3/t11-/m1/s1. The predicted molar refractivity (Wildman–Crippen MR) is 80.1 cm³/mol. The lowest BCUT2D eigenvalue weighted by atomic mass is 9.94. The van der Waals surface area contributed by atoms with Crippen molar-refractivity contribution in [1.29, 1.82) is 0 Å². The molecule has 0 spiro atoms. The molecule has 0 aromatic carbocycles. The maximum Gasteiger partial charge on any atom is 0.276 e. The molecule has 0 saturated carbocycles. The average molecular weight is 316 g/mol. The molecule has 2 aromatic rings. The number of aromatic nitrogens is 3. The van der Waals surface area contributed by atoms with E-state index in [1.807, 2.05) is 4.90 Å². The van der Waals surface area contributed by atoms with Crippen LogP contribution in [-0.2, 0) is 12.8 Å². The average Bonchev–Trinajstić information content (AvgIpc) is 3.20. The van der Waals surface area contributed by atoms with Crippen LogP contribution in [0.5, 0.6) is 0 Å². The van der Waals surface area contributed by atoms with Crippen LogP contribution < -0.4 is 0 Å². The number of amides is 1. The highest BCUT2D eigenvalue weighted by Crippen LogP contribution is 2.29. The van der Waals surface area contributed by atoms with Crippen molar-refractivity contribution in [1.82, 2.24) is 20.2 Å². The summed E-state index contributed by atoms with van der Waals surface area (Å²) in [6.07, 6.45) is 5.87. The molecule has 4 rings (SSSR count). The van der Waals surface area contributed by atoms with Gasteiger partial charge in [0.25, 0.3) is 5.91 Å². The number of hydrogen-bond acceptors (Lipinski definition) is 6. The quantitative estimate of drug-likeness (QED) is 0.845. The van der Waals surface area contributed by atoms with E-state index >= 15 is 0 Å². The second-order valence-corrected chi connectivity index (χ2v) is 6.41. The first-order chi connectivity index (χ1) is 11.2. The number of likely N-dealkylation sites (tertiary alicyclic amines) is 1. The van der Waals surface area contributed by atoms with E-state index < -0.39 is 0 Å². The molecule has 1 aliphatic heterocycles. The number of nitrogens with zero attached hydrogens (tertiary/aromatic N) is 4. The van der Waals surface area contributed by atoms with Gasteiger partial charge < -0.3 is 13.9 Å². The number of piperidine rings is 1. The van der Waals surface area contributed by atoms with Crippen LogP contribution in [0.2, 0.25) is 0 Å². The third-order valence-corrected chi connectivity index (χ3v) is 4.75. The number of aryl methyl sites for hydroxylation is 2. The molecule has 7 nitrogen and oxygen atoms in total. The Bertz CT molecular complexity index is 721. The molecule has 1 aliphatic carbocycles. The van der Waals surface area contributed by atoms with Crippen molar-refractivity contribution in [3.8, 4) is 0 Å². The van der Waals surface area contributed by atoms with Crippen molar-refractivity contribution < 1.29 is 13.8 Å². The smallest absolute Gasteiger partial charge is 0.276 e. The van der Waals surface area contributed by atoms with E-state index in [0.717, 1.165) is 56.4 Å². The molecule has 1 saturated heterocycles. The van der Waals surface area contributed by atoms with Crippen molar-refractivity contribution in [2.45, 2.75) is 51.4 Å². The van der Waals surface area contributed by atoms with Gasteiger partial charge in [0.15, 0.2) is 11.5 Å². The Morgan fingerprint density at radius 3 is 2.87 bits per heavy atom. The first-order valence-corrected chi connectivity index (χ1v) is 8.29. The monoisotopic (exact) mass is 316 g/mol. The third kappa shape index (κ3) is 2.64. The summed E-state index contributed by atoms with van der Waals surface area (Å²) in [7, 11) is 0. The van der Waals surface area contributed by atoms with Crippen molar-refractivity contribution >= 4 is 5.91 Å². The summed E-state index contributed by atoms with van der Waals surface area (Å²) in [5.74, 6) is 2.23. The minimum Gasteiger partial charge on any atom is -0.360 e. The van der Waals surface area contributed by atoms with Crippen LogP contribution in [-0.4, -0.2) is 39.2 Å². The molecule has 7 heteroatoms. The van der Waals surface area contributed by atoms with Crippen LogP contribution in [0.15, 0.2) is 9.05 Å². The zero-order valence-corrected chi connectivity index (χ0v) is 13.2. The second kappa shape index (κ2) is 5.79. The molecule has 3 heterocycles. The first-order valence-electron chi connectivity index (χ1n) is 8.29. The van der Waals surface area contributed by atoms with Crippen LogP contribution >= 0.6 is 0 Å². The van der Waals surface area contributed by atoms with E-state index in [0.29, 0.717) is 24.0 Å². The molecule has 1 atom stereocenters. The summed E-state index contributed by atoms with van der Waals surface area (Å²) < 4.78 is 10.7. The highest BCUT2D eigenvalue weighted by molar-refractivity contribution is 5.94. The van der Waals surface area contributed by atoms with Crippen LogP contribution in [0.25, 0.3) is 0 Å². The van der Waals surface area contributed by atoms with Crippen molar-refractivity contribution in [3.05, 3.63) is 28.7 Å².